The Morgan fingerprint density at radius 2 is 2.57 bits per heavy atom. The molecule has 78 valence electrons. The van der Waals surface area contributed by atoms with Gasteiger partial charge in [0.15, 0.2) is 0 Å². The Kier molecular flexibility index (Phi) is 4.54. The van der Waals surface area contributed by atoms with E-state index in [1.807, 2.05) is 11.6 Å². The third-order valence-electron chi connectivity index (χ3n) is 1.50. The van der Waals surface area contributed by atoms with Gasteiger partial charge in [-0.15, -0.1) is 16.4 Å². The number of thioether (sulfide) groups is 1. The van der Waals surface area contributed by atoms with E-state index in [-0.39, 0.29) is 11.2 Å². The van der Waals surface area contributed by atoms with Gasteiger partial charge < -0.3 is 16.9 Å². The topological polar surface area (TPSA) is 89.3 Å². The van der Waals surface area contributed by atoms with Crippen molar-refractivity contribution in [2.75, 3.05) is 12.8 Å². The third kappa shape index (κ3) is 3.43. The summed E-state index contributed by atoms with van der Waals surface area (Å²) in [5.74, 6) is 0.0454. The molecule has 0 aliphatic heterocycles. The molecule has 1 heterocycles. The monoisotopic (exact) mass is 231 g/mol. The zero-order valence-corrected chi connectivity index (χ0v) is 9.44. The average molecular weight is 231 g/mol. The van der Waals surface area contributed by atoms with Crippen molar-refractivity contribution < 1.29 is 0 Å². The molecule has 1 aromatic heterocycles. The van der Waals surface area contributed by atoms with Crippen LogP contribution in [0.25, 0.3) is 0 Å². The summed E-state index contributed by atoms with van der Waals surface area (Å²) in [5.41, 5.74) is 13.2. The quantitative estimate of drug-likeness (QED) is 0.386. The van der Waals surface area contributed by atoms with Crippen molar-refractivity contribution in [3.63, 3.8) is 0 Å². The molecule has 1 aromatic rings. The van der Waals surface area contributed by atoms with Crippen LogP contribution in [0.4, 0.5) is 0 Å². The van der Waals surface area contributed by atoms with E-state index in [2.05, 4.69) is 15.5 Å². The van der Waals surface area contributed by atoms with Crippen molar-refractivity contribution >= 4 is 29.1 Å². The largest absolute Gasteiger partial charge is 0.369 e. The summed E-state index contributed by atoms with van der Waals surface area (Å²) in [6, 6.07) is 0. The van der Waals surface area contributed by atoms with Crippen molar-refractivity contribution in [1.82, 2.24) is 10.4 Å². The van der Waals surface area contributed by atoms with Crippen molar-refractivity contribution in [3.8, 4) is 0 Å². The number of thiazole rings is 1. The summed E-state index contributed by atoms with van der Waals surface area (Å²) in [6.07, 6.45) is 3.83. The first-order valence-electron chi connectivity index (χ1n) is 3.97. The minimum atomic E-state index is 0.0454. The molecule has 14 heavy (non-hydrogen) atoms. The minimum absolute atomic E-state index is 0.0454. The number of nitrogens with zero attached hydrogens (tertiary/aromatic N) is 2. The lowest BCUT2D eigenvalue weighted by atomic mass is 10.4. The number of hydrogen-bond acceptors (Lipinski definition) is 5. The van der Waals surface area contributed by atoms with Crippen LogP contribution >= 0.6 is 23.1 Å². The summed E-state index contributed by atoms with van der Waals surface area (Å²) in [5, 5.41) is 7.03. The second kappa shape index (κ2) is 5.71. The highest BCUT2D eigenvalue weighted by Gasteiger charge is 2.11. The molecule has 0 bridgehead atoms. The second-order valence-corrected chi connectivity index (χ2v) is 4.46. The Hall–Kier alpha value is -0.950. The Balaban J connectivity index is 2.44. The SMILES string of the molecule is CSC(CNN=C(N)N)c1nccs1. The molecule has 0 saturated heterocycles. The maximum absolute atomic E-state index is 5.18. The fraction of sp³-hybridized carbons (Fsp3) is 0.429. The van der Waals surface area contributed by atoms with Gasteiger partial charge in [-0.3, -0.25) is 0 Å². The molecule has 1 atom stereocenters. The smallest absolute Gasteiger partial charge is 0.208 e. The average Bonchev–Trinajstić information content (AvgIpc) is 2.64. The van der Waals surface area contributed by atoms with Gasteiger partial charge in [0.05, 0.1) is 11.8 Å². The van der Waals surface area contributed by atoms with E-state index >= 15 is 0 Å². The molecule has 1 unspecified atom stereocenters. The molecule has 5 N–H and O–H groups in total. The second-order valence-electron chi connectivity index (χ2n) is 2.49. The Morgan fingerprint density at radius 3 is 3.07 bits per heavy atom. The number of hydrogen-bond donors (Lipinski definition) is 3. The number of guanidine groups is 1. The van der Waals surface area contributed by atoms with E-state index < -0.39 is 0 Å². The molecular formula is C7H13N5S2. The van der Waals surface area contributed by atoms with Crippen LogP contribution in [0.2, 0.25) is 0 Å². The van der Waals surface area contributed by atoms with Crippen molar-refractivity contribution in [2.24, 2.45) is 16.6 Å². The summed E-state index contributed by atoms with van der Waals surface area (Å²) >= 11 is 3.35. The molecule has 0 amide bonds. The Bertz CT molecular complexity index is 280. The van der Waals surface area contributed by atoms with Gasteiger partial charge in [-0.25, -0.2) is 4.98 Å². The predicted molar refractivity (Wildman–Crippen MR) is 62.2 cm³/mol. The molecule has 1 rings (SSSR count). The fourth-order valence-electron chi connectivity index (χ4n) is 0.885. The van der Waals surface area contributed by atoms with Crippen molar-refractivity contribution in [2.45, 2.75) is 5.25 Å². The summed E-state index contributed by atoms with van der Waals surface area (Å²) in [6.45, 7) is 0.673. The van der Waals surface area contributed by atoms with Gasteiger partial charge in [-0.05, 0) is 6.26 Å². The van der Waals surface area contributed by atoms with Gasteiger partial charge in [0.25, 0.3) is 0 Å². The standard InChI is InChI=1S/C7H13N5S2/c1-13-5(4-11-12-7(8)9)6-10-2-3-14-6/h2-3,5,11H,4H2,1H3,(H4,8,9,12). The zero-order valence-electron chi connectivity index (χ0n) is 7.80. The highest BCUT2D eigenvalue weighted by molar-refractivity contribution is 7.99. The first-order chi connectivity index (χ1) is 6.74. The van der Waals surface area contributed by atoms with Crippen LogP contribution in [0.1, 0.15) is 10.3 Å². The van der Waals surface area contributed by atoms with E-state index in [1.165, 1.54) is 0 Å². The maximum Gasteiger partial charge on any atom is 0.208 e. The summed E-state index contributed by atoms with van der Waals surface area (Å²) in [7, 11) is 0. The fourth-order valence-corrected chi connectivity index (χ4v) is 2.46. The number of rotatable bonds is 5. The van der Waals surface area contributed by atoms with E-state index in [0.717, 1.165) is 5.01 Å². The lowest BCUT2D eigenvalue weighted by molar-refractivity contribution is 0.716. The first kappa shape index (κ1) is 11.1. The minimum Gasteiger partial charge on any atom is -0.369 e. The highest BCUT2D eigenvalue weighted by atomic mass is 32.2. The third-order valence-corrected chi connectivity index (χ3v) is 3.49. The number of hydrazone groups is 1. The lowest BCUT2D eigenvalue weighted by Gasteiger charge is -2.10. The van der Waals surface area contributed by atoms with Crippen LogP contribution in [0.3, 0.4) is 0 Å². The van der Waals surface area contributed by atoms with Crippen LogP contribution < -0.4 is 16.9 Å². The van der Waals surface area contributed by atoms with Crippen LogP contribution in [0.15, 0.2) is 16.7 Å². The van der Waals surface area contributed by atoms with E-state index in [0.29, 0.717) is 6.54 Å². The van der Waals surface area contributed by atoms with Crippen LogP contribution in [0, 0.1) is 0 Å². The normalized spacial score (nSPS) is 12.1. The van der Waals surface area contributed by atoms with Crippen LogP contribution in [0.5, 0.6) is 0 Å². The Morgan fingerprint density at radius 1 is 1.79 bits per heavy atom. The molecule has 0 aliphatic carbocycles. The van der Waals surface area contributed by atoms with Crippen molar-refractivity contribution in [1.29, 1.82) is 0 Å². The van der Waals surface area contributed by atoms with Gasteiger partial charge in [-0.2, -0.15) is 11.8 Å². The van der Waals surface area contributed by atoms with Gasteiger partial charge in [0, 0.05) is 11.6 Å². The van der Waals surface area contributed by atoms with Crippen LogP contribution in [-0.4, -0.2) is 23.7 Å². The molecule has 0 saturated carbocycles. The summed E-state index contributed by atoms with van der Waals surface area (Å²) in [4.78, 5) is 4.23. The zero-order chi connectivity index (χ0) is 10.4. The molecular weight excluding hydrogens is 218 g/mol. The van der Waals surface area contributed by atoms with E-state index in [9.17, 15) is 0 Å². The lowest BCUT2D eigenvalue weighted by Crippen LogP contribution is -2.27. The molecule has 0 aromatic carbocycles. The first-order valence-corrected chi connectivity index (χ1v) is 6.14. The molecule has 7 heteroatoms. The predicted octanol–water partition coefficient (Wildman–Crippen LogP) is 0.325. The van der Waals surface area contributed by atoms with Gasteiger partial charge in [0.1, 0.15) is 5.01 Å². The number of nitrogens with one attached hydrogen (secondary N) is 1. The molecule has 5 nitrogen and oxygen atoms in total. The van der Waals surface area contributed by atoms with E-state index in [1.54, 1.807) is 29.3 Å². The molecule has 0 fully saturated rings. The molecule has 0 spiro atoms. The van der Waals surface area contributed by atoms with Crippen LogP contribution in [-0.2, 0) is 0 Å². The van der Waals surface area contributed by atoms with Crippen molar-refractivity contribution in [3.05, 3.63) is 16.6 Å². The van der Waals surface area contributed by atoms with E-state index in [4.69, 9.17) is 11.5 Å². The Labute approximate surface area is 91.0 Å². The molecule has 0 radical (unpaired) electrons. The maximum atomic E-state index is 5.18. The van der Waals surface area contributed by atoms with Gasteiger partial charge >= 0.3 is 0 Å². The number of aromatic nitrogens is 1. The summed E-state index contributed by atoms with van der Waals surface area (Å²) < 4.78 is 0. The van der Waals surface area contributed by atoms with Gasteiger partial charge in [-0.1, -0.05) is 0 Å². The highest BCUT2D eigenvalue weighted by Crippen LogP contribution is 2.26. The van der Waals surface area contributed by atoms with Gasteiger partial charge in [0.2, 0.25) is 5.96 Å². The number of nitrogens with two attached hydrogens (primary N) is 2. The molecule has 0 aliphatic rings.